The van der Waals surface area contributed by atoms with Gasteiger partial charge in [-0.1, -0.05) is 30.0 Å². The Labute approximate surface area is 196 Å². The maximum atomic E-state index is 13.2. The first kappa shape index (κ1) is 20.9. The Morgan fingerprint density at radius 2 is 1.84 bits per heavy atom. The van der Waals surface area contributed by atoms with E-state index in [-0.39, 0.29) is 5.82 Å². The van der Waals surface area contributed by atoms with Crippen molar-refractivity contribution in [2.24, 2.45) is 0 Å². The molecule has 32 heavy (non-hydrogen) atoms. The lowest BCUT2D eigenvalue weighted by molar-refractivity contribution is 0.412. The highest BCUT2D eigenvalue weighted by Crippen LogP contribution is 2.35. The second-order valence-corrected chi connectivity index (χ2v) is 9.48. The van der Waals surface area contributed by atoms with Crippen molar-refractivity contribution in [1.82, 2.24) is 19.7 Å². The number of ether oxygens (including phenoxy) is 1. The number of aromatic nitrogens is 4. The molecule has 0 atom stereocenters. The SMILES string of the molecule is COc1ccccc1-n1c(SCc2csc(-c3ccc(F)cc3)n2)nnc1-c1cccs1. The molecule has 3 heterocycles. The molecule has 0 aliphatic heterocycles. The standard InChI is InChI=1S/C23H17FN4OS3/c1-29-19-6-3-2-5-18(19)28-21(20-7-4-12-30-20)26-27-23(28)32-14-17-13-31-22(25-17)15-8-10-16(24)11-9-15/h2-13H,14H2,1H3. The molecule has 5 nitrogen and oxygen atoms in total. The molecule has 0 saturated heterocycles. The zero-order chi connectivity index (χ0) is 21.9. The van der Waals surface area contributed by atoms with E-state index in [1.165, 1.54) is 12.1 Å². The van der Waals surface area contributed by atoms with Gasteiger partial charge in [-0.05, 0) is 47.8 Å². The number of hydrogen-bond donors (Lipinski definition) is 0. The van der Waals surface area contributed by atoms with Crippen LogP contribution in [0.5, 0.6) is 5.75 Å². The molecule has 0 spiro atoms. The topological polar surface area (TPSA) is 52.8 Å². The molecule has 0 fully saturated rings. The first-order chi connectivity index (χ1) is 15.7. The maximum Gasteiger partial charge on any atom is 0.196 e. The van der Waals surface area contributed by atoms with Crippen molar-refractivity contribution in [3.8, 4) is 32.7 Å². The first-order valence-corrected chi connectivity index (χ1v) is 12.4. The fourth-order valence-electron chi connectivity index (χ4n) is 3.20. The van der Waals surface area contributed by atoms with Crippen molar-refractivity contribution in [2.45, 2.75) is 10.9 Å². The minimum Gasteiger partial charge on any atom is -0.495 e. The van der Waals surface area contributed by atoms with Gasteiger partial charge in [0, 0.05) is 16.7 Å². The predicted octanol–water partition coefficient (Wildman–Crippen LogP) is 6.56. The third kappa shape index (κ3) is 4.19. The zero-order valence-electron chi connectivity index (χ0n) is 16.9. The quantitative estimate of drug-likeness (QED) is 0.247. The lowest BCUT2D eigenvalue weighted by atomic mass is 10.2. The number of thiophene rings is 1. The predicted molar refractivity (Wildman–Crippen MR) is 128 cm³/mol. The summed E-state index contributed by atoms with van der Waals surface area (Å²) in [5.74, 6) is 1.91. The van der Waals surface area contributed by atoms with E-state index in [0.29, 0.717) is 5.75 Å². The van der Waals surface area contributed by atoms with Crippen LogP contribution in [0.3, 0.4) is 0 Å². The second kappa shape index (κ2) is 9.23. The summed E-state index contributed by atoms with van der Waals surface area (Å²) < 4.78 is 20.8. The normalized spacial score (nSPS) is 11.1. The molecule has 0 radical (unpaired) electrons. The van der Waals surface area contributed by atoms with E-state index in [1.807, 2.05) is 51.7 Å². The number of nitrogens with zero attached hydrogens (tertiary/aromatic N) is 4. The summed E-state index contributed by atoms with van der Waals surface area (Å²) in [6.07, 6.45) is 0. The average Bonchev–Trinajstić information content (AvgIpc) is 3.58. The van der Waals surface area contributed by atoms with E-state index in [0.717, 1.165) is 43.6 Å². The Bertz CT molecular complexity index is 1330. The molecule has 0 aliphatic carbocycles. The Kier molecular flexibility index (Phi) is 6.02. The van der Waals surface area contributed by atoms with Gasteiger partial charge in [0.2, 0.25) is 0 Å². The molecule has 3 aromatic heterocycles. The van der Waals surface area contributed by atoms with Crippen molar-refractivity contribution >= 4 is 34.4 Å². The van der Waals surface area contributed by atoms with Crippen LogP contribution >= 0.6 is 34.4 Å². The average molecular weight is 481 g/mol. The van der Waals surface area contributed by atoms with Gasteiger partial charge in [-0.2, -0.15) is 0 Å². The molecule has 0 saturated carbocycles. The molecule has 0 N–H and O–H groups in total. The van der Waals surface area contributed by atoms with Crippen molar-refractivity contribution in [3.63, 3.8) is 0 Å². The van der Waals surface area contributed by atoms with E-state index >= 15 is 0 Å². The summed E-state index contributed by atoms with van der Waals surface area (Å²) in [5.41, 5.74) is 2.73. The van der Waals surface area contributed by atoms with Crippen molar-refractivity contribution < 1.29 is 9.13 Å². The number of thiazole rings is 1. The van der Waals surface area contributed by atoms with Crippen LogP contribution < -0.4 is 4.74 Å². The summed E-state index contributed by atoms with van der Waals surface area (Å²) in [5, 5.41) is 14.6. The van der Waals surface area contributed by atoms with Crippen LogP contribution in [0.25, 0.3) is 27.0 Å². The van der Waals surface area contributed by atoms with Crippen LogP contribution in [-0.2, 0) is 5.75 Å². The van der Waals surface area contributed by atoms with Crippen LogP contribution in [0.15, 0.2) is 76.6 Å². The van der Waals surface area contributed by atoms with E-state index in [1.54, 1.807) is 53.7 Å². The second-order valence-electron chi connectivity index (χ2n) is 6.73. The number of benzene rings is 2. The van der Waals surface area contributed by atoms with Gasteiger partial charge in [-0.25, -0.2) is 9.37 Å². The minimum atomic E-state index is -0.252. The summed E-state index contributed by atoms with van der Waals surface area (Å²) in [6, 6.07) is 18.3. The highest BCUT2D eigenvalue weighted by atomic mass is 32.2. The lowest BCUT2D eigenvalue weighted by Crippen LogP contribution is -2.01. The first-order valence-electron chi connectivity index (χ1n) is 9.69. The van der Waals surface area contributed by atoms with Gasteiger partial charge >= 0.3 is 0 Å². The molecular weight excluding hydrogens is 463 g/mol. The van der Waals surface area contributed by atoms with Gasteiger partial charge in [0.15, 0.2) is 11.0 Å². The monoisotopic (exact) mass is 480 g/mol. The highest BCUT2D eigenvalue weighted by molar-refractivity contribution is 7.98. The van der Waals surface area contributed by atoms with E-state index in [2.05, 4.69) is 10.2 Å². The number of hydrogen-bond acceptors (Lipinski definition) is 7. The van der Waals surface area contributed by atoms with Gasteiger partial charge in [0.05, 0.1) is 23.4 Å². The lowest BCUT2D eigenvalue weighted by Gasteiger charge is -2.13. The summed E-state index contributed by atoms with van der Waals surface area (Å²) >= 11 is 4.73. The van der Waals surface area contributed by atoms with Crippen molar-refractivity contribution in [3.05, 3.63) is 82.9 Å². The molecule has 0 bridgehead atoms. The van der Waals surface area contributed by atoms with Crippen LogP contribution in [0.1, 0.15) is 5.69 Å². The Hall–Kier alpha value is -3.01. The molecule has 9 heteroatoms. The molecule has 160 valence electrons. The molecule has 0 unspecified atom stereocenters. The highest BCUT2D eigenvalue weighted by Gasteiger charge is 2.20. The van der Waals surface area contributed by atoms with Crippen LogP contribution in [0.2, 0.25) is 0 Å². The third-order valence-electron chi connectivity index (χ3n) is 4.69. The Morgan fingerprint density at radius 1 is 1.00 bits per heavy atom. The fraction of sp³-hybridized carbons (Fsp3) is 0.0870. The molecule has 5 aromatic rings. The minimum absolute atomic E-state index is 0.252. The zero-order valence-corrected chi connectivity index (χ0v) is 19.4. The smallest absolute Gasteiger partial charge is 0.196 e. The maximum absolute atomic E-state index is 13.2. The molecule has 0 aliphatic rings. The summed E-state index contributed by atoms with van der Waals surface area (Å²) in [7, 11) is 1.66. The Morgan fingerprint density at radius 3 is 2.62 bits per heavy atom. The van der Waals surface area contributed by atoms with Gasteiger partial charge in [-0.15, -0.1) is 32.9 Å². The van der Waals surface area contributed by atoms with Crippen LogP contribution in [0.4, 0.5) is 4.39 Å². The summed E-state index contributed by atoms with van der Waals surface area (Å²) in [4.78, 5) is 5.74. The third-order valence-corrected chi connectivity index (χ3v) is 7.46. The molecule has 0 amide bonds. The fourth-order valence-corrected chi connectivity index (χ4v) is 5.66. The van der Waals surface area contributed by atoms with E-state index in [9.17, 15) is 4.39 Å². The van der Waals surface area contributed by atoms with Gasteiger partial charge < -0.3 is 4.74 Å². The molecular formula is C23H17FN4OS3. The van der Waals surface area contributed by atoms with Crippen molar-refractivity contribution in [2.75, 3.05) is 7.11 Å². The summed E-state index contributed by atoms with van der Waals surface area (Å²) in [6.45, 7) is 0. The largest absolute Gasteiger partial charge is 0.495 e. The van der Waals surface area contributed by atoms with Gasteiger partial charge in [0.1, 0.15) is 16.6 Å². The number of para-hydroxylation sites is 2. The Balaban J connectivity index is 1.45. The van der Waals surface area contributed by atoms with E-state index in [4.69, 9.17) is 9.72 Å². The number of rotatable bonds is 7. The molecule has 2 aromatic carbocycles. The van der Waals surface area contributed by atoms with Crippen molar-refractivity contribution in [1.29, 1.82) is 0 Å². The van der Waals surface area contributed by atoms with E-state index < -0.39 is 0 Å². The number of thioether (sulfide) groups is 1. The van der Waals surface area contributed by atoms with Crippen LogP contribution in [0, 0.1) is 5.82 Å². The van der Waals surface area contributed by atoms with Crippen LogP contribution in [-0.4, -0.2) is 26.9 Å². The van der Waals surface area contributed by atoms with Gasteiger partial charge in [0.25, 0.3) is 0 Å². The number of halogens is 1. The van der Waals surface area contributed by atoms with Gasteiger partial charge in [-0.3, -0.25) is 4.57 Å². The number of methoxy groups -OCH3 is 1. The molecule has 5 rings (SSSR count).